The number of rotatable bonds is 1. The predicted octanol–water partition coefficient (Wildman–Crippen LogP) is 4.95. The van der Waals surface area contributed by atoms with Crippen LogP contribution in [0.1, 0.15) is 51.6 Å². The van der Waals surface area contributed by atoms with Gasteiger partial charge in [0.25, 0.3) is 0 Å². The van der Waals surface area contributed by atoms with E-state index < -0.39 is 6.10 Å². The van der Waals surface area contributed by atoms with Crippen LogP contribution in [0.4, 0.5) is 0 Å². The predicted molar refractivity (Wildman–Crippen MR) is 103 cm³/mol. The average Bonchev–Trinajstić information content (AvgIpc) is 3.11. The third-order valence-electron chi connectivity index (χ3n) is 5.57. The van der Waals surface area contributed by atoms with E-state index in [-0.39, 0.29) is 17.8 Å². The Morgan fingerprint density at radius 3 is 2.70 bits per heavy atom. The Kier molecular flexibility index (Phi) is 3.66. The normalized spacial score (nSPS) is 18.3. The highest BCUT2D eigenvalue weighted by Gasteiger charge is 2.34. The van der Waals surface area contributed by atoms with Gasteiger partial charge in [0.1, 0.15) is 17.4 Å². The molecule has 1 aromatic heterocycles. The number of halogens is 1. The monoisotopic (exact) mass is 380 g/mol. The fourth-order valence-electron chi connectivity index (χ4n) is 4.36. The van der Waals surface area contributed by atoms with Crippen molar-refractivity contribution < 1.29 is 13.9 Å². The van der Waals surface area contributed by atoms with E-state index in [0.29, 0.717) is 33.9 Å². The molecule has 0 unspecified atom stereocenters. The molecule has 1 aliphatic carbocycles. The third kappa shape index (κ3) is 2.43. The lowest BCUT2D eigenvalue weighted by Crippen LogP contribution is -2.22. The van der Waals surface area contributed by atoms with Gasteiger partial charge in [0.2, 0.25) is 0 Å². The van der Waals surface area contributed by atoms with E-state index in [2.05, 4.69) is 0 Å². The minimum absolute atomic E-state index is 0.0264. The molecule has 0 saturated carbocycles. The molecule has 2 heterocycles. The van der Waals surface area contributed by atoms with Crippen LogP contribution >= 0.6 is 11.6 Å². The summed E-state index contributed by atoms with van der Waals surface area (Å²) in [4.78, 5) is 25.3. The molecule has 0 fully saturated rings. The van der Waals surface area contributed by atoms with Crippen LogP contribution in [-0.4, -0.2) is 5.78 Å². The zero-order valence-electron chi connectivity index (χ0n) is 14.8. The minimum atomic E-state index is -0.451. The average molecular weight is 381 g/mol. The molecule has 2 aliphatic rings. The third-order valence-corrected chi connectivity index (χ3v) is 5.92. The number of aryl methyl sites for hydroxylation is 2. The maximum atomic E-state index is 13.0. The molecule has 1 aliphatic heterocycles. The summed E-state index contributed by atoms with van der Waals surface area (Å²) >= 11 is 6.35. The van der Waals surface area contributed by atoms with E-state index in [9.17, 15) is 9.59 Å². The summed E-state index contributed by atoms with van der Waals surface area (Å²) in [6.07, 6.45) is 2.19. The van der Waals surface area contributed by atoms with Crippen molar-refractivity contribution in [2.75, 3.05) is 0 Å². The molecule has 0 spiro atoms. The van der Waals surface area contributed by atoms with Gasteiger partial charge in [-0.15, -0.1) is 0 Å². The Morgan fingerprint density at radius 2 is 1.89 bits per heavy atom. The van der Waals surface area contributed by atoms with Crippen LogP contribution in [0.3, 0.4) is 0 Å². The molecule has 27 heavy (non-hydrogen) atoms. The Bertz CT molecular complexity index is 1180. The number of ether oxygens (including phenoxy) is 1. The van der Waals surface area contributed by atoms with Crippen molar-refractivity contribution in [3.63, 3.8) is 0 Å². The van der Waals surface area contributed by atoms with Gasteiger partial charge in [-0.1, -0.05) is 29.8 Å². The SMILES string of the molecule is Cc1cc2oc(=O)c3c(c2c2c1C(=O)C[C@@H](c1ccccc1Cl)O2)CCC3. The molecule has 3 aromatic rings. The zero-order valence-corrected chi connectivity index (χ0v) is 15.6. The molecule has 5 rings (SSSR count). The quantitative estimate of drug-likeness (QED) is 0.560. The summed E-state index contributed by atoms with van der Waals surface area (Å²) in [6, 6.07) is 9.20. The molecule has 136 valence electrons. The van der Waals surface area contributed by atoms with Crippen molar-refractivity contribution in [3.8, 4) is 5.75 Å². The van der Waals surface area contributed by atoms with Crippen LogP contribution in [0.2, 0.25) is 5.02 Å². The van der Waals surface area contributed by atoms with Gasteiger partial charge < -0.3 is 9.15 Å². The van der Waals surface area contributed by atoms with Gasteiger partial charge in [-0.3, -0.25) is 4.79 Å². The fourth-order valence-corrected chi connectivity index (χ4v) is 4.62. The second-order valence-electron chi connectivity index (χ2n) is 7.23. The van der Waals surface area contributed by atoms with E-state index in [4.69, 9.17) is 20.8 Å². The Morgan fingerprint density at radius 1 is 1.11 bits per heavy atom. The first kappa shape index (κ1) is 16.6. The number of benzene rings is 2. The summed E-state index contributed by atoms with van der Waals surface area (Å²) in [5.74, 6) is 0.562. The molecule has 5 heteroatoms. The van der Waals surface area contributed by atoms with E-state index in [1.54, 1.807) is 12.1 Å². The van der Waals surface area contributed by atoms with Gasteiger partial charge in [-0.2, -0.15) is 0 Å². The van der Waals surface area contributed by atoms with E-state index in [1.165, 1.54) is 0 Å². The largest absolute Gasteiger partial charge is 0.484 e. The molecule has 0 N–H and O–H groups in total. The highest BCUT2D eigenvalue weighted by atomic mass is 35.5. The van der Waals surface area contributed by atoms with Crippen molar-refractivity contribution >= 4 is 28.4 Å². The topological polar surface area (TPSA) is 56.5 Å². The number of Topliss-reactive ketones (excluding diaryl/α,β-unsaturated/α-hetero) is 1. The van der Waals surface area contributed by atoms with Crippen molar-refractivity contribution in [1.82, 2.24) is 0 Å². The second-order valence-corrected chi connectivity index (χ2v) is 7.63. The Labute approximate surface area is 160 Å². The first-order valence-electron chi connectivity index (χ1n) is 9.11. The first-order valence-corrected chi connectivity index (χ1v) is 9.49. The number of carbonyl (C=O) groups is 1. The summed E-state index contributed by atoms with van der Waals surface area (Å²) in [5.41, 5.74) is 4.04. The summed E-state index contributed by atoms with van der Waals surface area (Å²) < 4.78 is 11.9. The van der Waals surface area contributed by atoms with Crippen LogP contribution < -0.4 is 10.4 Å². The van der Waals surface area contributed by atoms with Crippen molar-refractivity contribution in [3.05, 3.63) is 73.6 Å². The molecular formula is C22H17ClO4. The number of fused-ring (bicyclic) bond motifs is 5. The molecular weight excluding hydrogens is 364 g/mol. The van der Waals surface area contributed by atoms with Gasteiger partial charge in [-0.05, 0) is 49.4 Å². The Hall–Kier alpha value is -2.59. The van der Waals surface area contributed by atoms with Crippen LogP contribution in [0.25, 0.3) is 11.0 Å². The van der Waals surface area contributed by atoms with Crippen LogP contribution in [0, 0.1) is 6.92 Å². The second kappa shape index (κ2) is 5.96. The summed E-state index contributed by atoms with van der Waals surface area (Å²) in [6.45, 7) is 1.85. The maximum Gasteiger partial charge on any atom is 0.339 e. The fraction of sp³-hybridized carbons (Fsp3) is 0.273. The number of carbonyl (C=O) groups excluding carboxylic acids is 1. The van der Waals surface area contributed by atoms with E-state index >= 15 is 0 Å². The van der Waals surface area contributed by atoms with Gasteiger partial charge in [0, 0.05) is 16.1 Å². The van der Waals surface area contributed by atoms with Crippen LogP contribution in [0.15, 0.2) is 39.5 Å². The molecule has 0 radical (unpaired) electrons. The van der Waals surface area contributed by atoms with Crippen molar-refractivity contribution in [2.45, 2.75) is 38.7 Å². The molecule has 4 nitrogen and oxygen atoms in total. The smallest absolute Gasteiger partial charge is 0.339 e. The number of ketones is 1. The van der Waals surface area contributed by atoms with Gasteiger partial charge in [0.15, 0.2) is 5.78 Å². The van der Waals surface area contributed by atoms with Gasteiger partial charge >= 0.3 is 5.63 Å². The lowest BCUT2D eigenvalue weighted by molar-refractivity contribution is 0.0852. The standard InChI is InChI=1S/C22H17ClO4/c1-11-9-18-20(12-6-4-7-13(12)22(25)27-18)21-19(11)16(24)10-17(26-21)14-5-2-3-8-15(14)23/h2-3,5,8-9,17H,4,6-7,10H2,1H3/t17-/m0/s1. The molecule has 0 amide bonds. The molecule has 0 saturated heterocycles. The van der Waals surface area contributed by atoms with Gasteiger partial charge in [0.05, 0.1) is 17.4 Å². The van der Waals surface area contributed by atoms with E-state index in [1.807, 2.05) is 25.1 Å². The highest BCUT2D eigenvalue weighted by Crippen LogP contribution is 2.45. The Balaban J connectivity index is 1.79. The minimum Gasteiger partial charge on any atom is -0.484 e. The van der Waals surface area contributed by atoms with Gasteiger partial charge in [-0.25, -0.2) is 4.79 Å². The zero-order chi connectivity index (χ0) is 18.7. The van der Waals surface area contributed by atoms with Crippen molar-refractivity contribution in [2.24, 2.45) is 0 Å². The summed E-state index contributed by atoms with van der Waals surface area (Å²) in [5, 5.41) is 1.35. The summed E-state index contributed by atoms with van der Waals surface area (Å²) in [7, 11) is 0. The van der Waals surface area contributed by atoms with Crippen molar-refractivity contribution in [1.29, 1.82) is 0 Å². The molecule has 1 atom stereocenters. The molecule has 0 bridgehead atoms. The maximum absolute atomic E-state index is 13.0. The number of hydrogen-bond donors (Lipinski definition) is 0. The molecule has 2 aromatic carbocycles. The van der Waals surface area contributed by atoms with Crippen LogP contribution in [-0.2, 0) is 12.8 Å². The van der Waals surface area contributed by atoms with Crippen LogP contribution in [0.5, 0.6) is 5.75 Å². The lowest BCUT2D eigenvalue weighted by atomic mass is 9.90. The first-order chi connectivity index (χ1) is 13.0. The number of hydrogen-bond acceptors (Lipinski definition) is 4. The van der Waals surface area contributed by atoms with E-state index in [0.717, 1.165) is 34.9 Å². The highest BCUT2D eigenvalue weighted by molar-refractivity contribution is 6.31. The lowest BCUT2D eigenvalue weighted by Gasteiger charge is -2.28.